The van der Waals surface area contributed by atoms with Gasteiger partial charge in [0.05, 0.1) is 7.11 Å². The molecule has 1 aromatic carbocycles. The Morgan fingerprint density at radius 3 is 3.00 bits per heavy atom. The first kappa shape index (κ1) is 14.8. The van der Waals surface area contributed by atoms with E-state index in [1.54, 1.807) is 19.2 Å². The van der Waals surface area contributed by atoms with Crippen LogP contribution in [0.3, 0.4) is 0 Å². The molecule has 0 radical (unpaired) electrons. The van der Waals surface area contributed by atoms with E-state index in [0.717, 1.165) is 25.9 Å². The molecule has 1 heterocycles. The molecule has 1 saturated heterocycles. The summed E-state index contributed by atoms with van der Waals surface area (Å²) in [5, 5.41) is 6.30. The van der Waals surface area contributed by atoms with E-state index >= 15 is 0 Å². The summed E-state index contributed by atoms with van der Waals surface area (Å²) in [5.41, 5.74) is 0.648. The van der Waals surface area contributed by atoms with Crippen molar-refractivity contribution in [2.24, 2.45) is 0 Å². The second-order valence-electron chi connectivity index (χ2n) is 4.25. The molecule has 5 heteroatoms. The van der Waals surface area contributed by atoms with Crippen LogP contribution < -0.4 is 15.4 Å². The Hall–Kier alpha value is -1.26. The van der Waals surface area contributed by atoms with Crippen molar-refractivity contribution in [3.63, 3.8) is 0 Å². The van der Waals surface area contributed by atoms with Gasteiger partial charge in [-0.2, -0.15) is 0 Å². The number of methoxy groups -OCH3 is 1. The number of carbonyl (C=O) groups excluding carboxylic acids is 1. The number of ether oxygens (including phenoxy) is 1. The minimum Gasteiger partial charge on any atom is -0.497 e. The number of hydrogen-bond donors (Lipinski definition) is 2. The van der Waals surface area contributed by atoms with E-state index in [0.29, 0.717) is 11.3 Å². The maximum atomic E-state index is 12.0. The highest BCUT2D eigenvalue weighted by atomic mass is 35.5. The van der Waals surface area contributed by atoms with Gasteiger partial charge in [-0.3, -0.25) is 4.79 Å². The Morgan fingerprint density at radius 1 is 1.50 bits per heavy atom. The number of halogens is 1. The summed E-state index contributed by atoms with van der Waals surface area (Å²) >= 11 is 0. The molecule has 0 spiro atoms. The zero-order valence-electron chi connectivity index (χ0n) is 10.4. The van der Waals surface area contributed by atoms with E-state index in [1.807, 2.05) is 12.1 Å². The Bertz CT molecular complexity index is 392. The van der Waals surface area contributed by atoms with Gasteiger partial charge in [0.25, 0.3) is 5.91 Å². The van der Waals surface area contributed by atoms with Gasteiger partial charge in [0.15, 0.2) is 0 Å². The largest absolute Gasteiger partial charge is 0.497 e. The molecular formula is C13H19ClN2O2. The molecule has 4 nitrogen and oxygen atoms in total. The molecule has 2 N–H and O–H groups in total. The van der Waals surface area contributed by atoms with Crippen LogP contribution in [0.5, 0.6) is 5.75 Å². The second kappa shape index (κ2) is 7.24. The first-order valence-electron chi connectivity index (χ1n) is 5.95. The first-order chi connectivity index (χ1) is 8.29. The molecule has 1 aliphatic rings. The minimum absolute atomic E-state index is 0. The van der Waals surface area contributed by atoms with E-state index in [4.69, 9.17) is 4.74 Å². The zero-order valence-corrected chi connectivity index (χ0v) is 11.3. The van der Waals surface area contributed by atoms with Crippen molar-refractivity contribution in [3.8, 4) is 5.75 Å². The highest BCUT2D eigenvalue weighted by Gasteiger charge is 2.16. The predicted octanol–water partition coefficient (Wildman–Crippen LogP) is 1.60. The summed E-state index contributed by atoms with van der Waals surface area (Å²) in [7, 11) is 1.60. The third-order valence-electron chi connectivity index (χ3n) is 2.96. The van der Waals surface area contributed by atoms with Gasteiger partial charge in [0, 0.05) is 18.2 Å². The SMILES string of the molecule is COc1cccc(C(=O)N[C@H]2CCCNC2)c1.Cl. The van der Waals surface area contributed by atoms with Crippen LogP contribution in [0, 0.1) is 0 Å². The van der Waals surface area contributed by atoms with Crippen molar-refractivity contribution in [1.82, 2.24) is 10.6 Å². The van der Waals surface area contributed by atoms with Gasteiger partial charge < -0.3 is 15.4 Å². The van der Waals surface area contributed by atoms with Gasteiger partial charge in [-0.15, -0.1) is 12.4 Å². The van der Waals surface area contributed by atoms with Gasteiger partial charge in [0.2, 0.25) is 0 Å². The Kier molecular flexibility index (Phi) is 5.95. The quantitative estimate of drug-likeness (QED) is 0.877. The minimum atomic E-state index is -0.0300. The smallest absolute Gasteiger partial charge is 0.251 e. The number of benzene rings is 1. The van der Waals surface area contributed by atoms with Crippen molar-refractivity contribution in [3.05, 3.63) is 29.8 Å². The topological polar surface area (TPSA) is 50.4 Å². The van der Waals surface area contributed by atoms with Gasteiger partial charge in [0.1, 0.15) is 5.75 Å². The van der Waals surface area contributed by atoms with Crippen molar-refractivity contribution in [2.45, 2.75) is 18.9 Å². The highest BCUT2D eigenvalue weighted by molar-refractivity contribution is 5.94. The molecule has 1 atom stereocenters. The fraction of sp³-hybridized carbons (Fsp3) is 0.462. The third-order valence-corrected chi connectivity index (χ3v) is 2.96. The van der Waals surface area contributed by atoms with Crippen LogP contribution in [0.1, 0.15) is 23.2 Å². The van der Waals surface area contributed by atoms with Crippen LogP contribution in [0.15, 0.2) is 24.3 Å². The molecule has 0 unspecified atom stereocenters. The van der Waals surface area contributed by atoms with E-state index in [1.165, 1.54) is 0 Å². The lowest BCUT2D eigenvalue weighted by Crippen LogP contribution is -2.45. The fourth-order valence-electron chi connectivity index (χ4n) is 2.01. The average Bonchev–Trinajstić information content (AvgIpc) is 2.40. The van der Waals surface area contributed by atoms with E-state index < -0.39 is 0 Å². The molecule has 1 amide bonds. The molecule has 18 heavy (non-hydrogen) atoms. The van der Waals surface area contributed by atoms with E-state index in [9.17, 15) is 4.79 Å². The zero-order chi connectivity index (χ0) is 12.1. The van der Waals surface area contributed by atoms with Gasteiger partial charge in [-0.05, 0) is 37.6 Å². The standard InChI is InChI=1S/C13H18N2O2.ClH/c1-17-12-6-2-4-10(8-12)13(16)15-11-5-3-7-14-9-11;/h2,4,6,8,11,14H,3,5,7,9H2,1H3,(H,15,16);1H/t11-;/m0./s1. The molecule has 1 aromatic rings. The summed E-state index contributed by atoms with van der Waals surface area (Å²) in [6.45, 7) is 1.90. The average molecular weight is 271 g/mol. The summed E-state index contributed by atoms with van der Waals surface area (Å²) in [6.07, 6.45) is 2.16. The normalized spacial score (nSPS) is 18.6. The molecule has 0 saturated carbocycles. The summed E-state index contributed by atoms with van der Waals surface area (Å²) < 4.78 is 5.10. The molecule has 0 aliphatic carbocycles. The first-order valence-corrected chi connectivity index (χ1v) is 5.95. The Balaban J connectivity index is 0.00000162. The monoisotopic (exact) mass is 270 g/mol. The number of piperidine rings is 1. The Labute approximate surface area is 114 Å². The number of rotatable bonds is 3. The number of hydrogen-bond acceptors (Lipinski definition) is 3. The van der Waals surface area contributed by atoms with Crippen LogP contribution in [-0.4, -0.2) is 32.1 Å². The molecule has 1 fully saturated rings. The van der Waals surface area contributed by atoms with Crippen LogP contribution in [0.2, 0.25) is 0 Å². The summed E-state index contributed by atoms with van der Waals surface area (Å²) in [4.78, 5) is 12.0. The van der Waals surface area contributed by atoms with Crippen LogP contribution >= 0.6 is 12.4 Å². The van der Waals surface area contributed by atoms with Crippen LogP contribution in [0.25, 0.3) is 0 Å². The van der Waals surface area contributed by atoms with Crippen molar-refractivity contribution in [2.75, 3.05) is 20.2 Å². The van der Waals surface area contributed by atoms with Gasteiger partial charge >= 0.3 is 0 Å². The highest BCUT2D eigenvalue weighted by Crippen LogP contribution is 2.13. The summed E-state index contributed by atoms with van der Waals surface area (Å²) in [6, 6.07) is 7.45. The van der Waals surface area contributed by atoms with Crippen molar-refractivity contribution < 1.29 is 9.53 Å². The molecule has 1 aliphatic heterocycles. The number of carbonyl (C=O) groups is 1. The molecule has 0 bridgehead atoms. The van der Waals surface area contributed by atoms with Crippen LogP contribution in [0.4, 0.5) is 0 Å². The lowest BCUT2D eigenvalue weighted by atomic mass is 10.1. The lowest BCUT2D eigenvalue weighted by molar-refractivity contribution is 0.0930. The second-order valence-corrected chi connectivity index (χ2v) is 4.25. The van der Waals surface area contributed by atoms with Crippen LogP contribution in [-0.2, 0) is 0 Å². The Morgan fingerprint density at radius 2 is 2.33 bits per heavy atom. The molecular weight excluding hydrogens is 252 g/mol. The van der Waals surface area contributed by atoms with E-state index in [-0.39, 0.29) is 24.4 Å². The third kappa shape index (κ3) is 3.89. The van der Waals surface area contributed by atoms with Gasteiger partial charge in [-0.25, -0.2) is 0 Å². The number of amides is 1. The van der Waals surface area contributed by atoms with Crippen molar-refractivity contribution in [1.29, 1.82) is 0 Å². The fourth-order valence-corrected chi connectivity index (χ4v) is 2.01. The molecule has 2 rings (SSSR count). The van der Waals surface area contributed by atoms with Crippen molar-refractivity contribution >= 4 is 18.3 Å². The molecule has 0 aromatic heterocycles. The number of nitrogens with one attached hydrogen (secondary N) is 2. The predicted molar refractivity (Wildman–Crippen MR) is 73.6 cm³/mol. The lowest BCUT2D eigenvalue weighted by Gasteiger charge is -2.23. The maximum absolute atomic E-state index is 12.0. The maximum Gasteiger partial charge on any atom is 0.251 e. The van der Waals surface area contributed by atoms with E-state index in [2.05, 4.69) is 10.6 Å². The van der Waals surface area contributed by atoms with Gasteiger partial charge in [-0.1, -0.05) is 6.07 Å². The summed E-state index contributed by atoms with van der Waals surface area (Å²) in [5.74, 6) is 0.678. The molecule has 100 valence electrons.